The van der Waals surface area contributed by atoms with Gasteiger partial charge in [-0.2, -0.15) is 10.2 Å². The van der Waals surface area contributed by atoms with Crippen LogP contribution in [-0.2, 0) is 35.7 Å². The second-order valence-electron chi connectivity index (χ2n) is 16.3. The molecule has 0 unspecified atom stereocenters. The minimum atomic E-state index is -3.29. The van der Waals surface area contributed by atoms with Crippen LogP contribution >= 0.6 is 15.9 Å². The largest absolute Gasteiger partial charge is 0.474 e. The lowest BCUT2D eigenvalue weighted by Gasteiger charge is -2.32. The van der Waals surface area contributed by atoms with Gasteiger partial charge >= 0.3 is 0 Å². The fourth-order valence-electron chi connectivity index (χ4n) is 7.80. The van der Waals surface area contributed by atoms with Crippen molar-refractivity contribution < 1.29 is 35.9 Å². The molecule has 350 valence electrons. The molecular formula is C45H48BrN11O8S2. The molecule has 7 aromatic rings. The van der Waals surface area contributed by atoms with Crippen LogP contribution in [0.5, 0.6) is 11.8 Å². The zero-order valence-electron chi connectivity index (χ0n) is 37.0. The number of pyridine rings is 1. The highest BCUT2D eigenvalue weighted by Gasteiger charge is 2.27. The van der Waals surface area contributed by atoms with E-state index in [0.717, 1.165) is 36.0 Å². The summed E-state index contributed by atoms with van der Waals surface area (Å²) < 4.78 is 63.3. The van der Waals surface area contributed by atoms with Crippen molar-refractivity contribution in [1.82, 2.24) is 54.3 Å². The SMILES string of the molecule is CCC(=O)CN1CCC(Oc2ncnc3c2cnn3-c2ccc(S(C)(=O)=O)cc2)CC1.CS(=O)(=O)c1ccc(-n2ncc3c(OC4CCN(C(=O)Cc5cncc(Br)c5)CC4)ncnc32)cc1. The number of rotatable bonds is 13. The number of Topliss-reactive ketones (excluding diaryl/α,β-unsaturated/α-hetero) is 1. The smallest absolute Gasteiger partial charge is 0.228 e. The van der Waals surface area contributed by atoms with E-state index < -0.39 is 19.7 Å². The first-order chi connectivity index (χ1) is 32.1. The molecule has 2 aromatic carbocycles. The average molecular weight is 1010 g/mol. The number of nitrogens with zero attached hydrogens (tertiary/aromatic N) is 11. The molecule has 19 nitrogen and oxygen atoms in total. The predicted molar refractivity (Wildman–Crippen MR) is 251 cm³/mol. The molecule has 1 amide bonds. The Labute approximate surface area is 395 Å². The van der Waals surface area contributed by atoms with Gasteiger partial charge in [0.2, 0.25) is 17.7 Å². The fourth-order valence-corrected chi connectivity index (χ4v) is 9.48. The Kier molecular flexibility index (Phi) is 14.3. The number of carbonyl (C=O) groups is 2. The van der Waals surface area contributed by atoms with Crippen molar-refractivity contribution in [3.63, 3.8) is 0 Å². The van der Waals surface area contributed by atoms with E-state index in [1.165, 1.54) is 25.2 Å². The number of fused-ring (bicyclic) bond motifs is 2. The number of benzene rings is 2. The Bertz CT molecular complexity index is 3120. The minimum Gasteiger partial charge on any atom is -0.474 e. The lowest BCUT2D eigenvalue weighted by Crippen LogP contribution is -2.42. The molecule has 2 aliphatic heterocycles. The quantitative estimate of drug-likeness (QED) is 0.148. The maximum atomic E-state index is 12.7. The third kappa shape index (κ3) is 11.5. The zero-order valence-corrected chi connectivity index (χ0v) is 40.2. The van der Waals surface area contributed by atoms with Gasteiger partial charge in [-0.05, 0) is 88.9 Å². The molecule has 0 atom stereocenters. The van der Waals surface area contributed by atoms with Crippen molar-refractivity contribution in [2.45, 2.75) is 67.4 Å². The molecule has 2 fully saturated rings. The number of hydrogen-bond acceptors (Lipinski definition) is 16. The molecule has 0 radical (unpaired) electrons. The molecule has 0 spiro atoms. The van der Waals surface area contributed by atoms with E-state index in [1.54, 1.807) is 82.7 Å². The van der Waals surface area contributed by atoms with Gasteiger partial charge in [-0.25, -0.2) is 46.1 Å². The van der Waals surface area contributed by atoms with E-state index in [4.69, 9.17) is 9.47 Å². The van der Waals surface area contributed by atoms with Crippen molar-refractivity contribution in [2.24, 2.45) is 0 Å². The molecule has 2 aliphatic rings. The molecular weight excluding hydrogens is 967 g/mol. The van der Waals surface area contributed by atoms with Gasteiger partial charge in [-0.1, -0.05) is 6.92 Å². The molecule has 0 saturated carbocycles. The monoisotopic (exact) mass is 1010 g/mol. The number of likely N-dealkylation sites (tertiary alicyclic amines) is 2. The van der Waals surface area contributed by atoms with Gasteiger partial charge in [0.05, 0.1) is 46.5 Å². The van der Waals surface area contributed by atoms with Gasteiger partial charge in [0.25, 0.3) is 0 Å². The van der Waals surface area contributed by atoms with Crippen molar-refractivity contribution in [3.8, 4) is 23.1 Å². The second-order valence-corrected chi connectivity index (χ2v) is 21.3. The van der Waals surface area contributed by atoms with Crippen LogP contribution in [0.4, 0.5) is 0 Å². The van der Waals surface area contributed by atoms with Gasteiger partial charge in [0, 0.05) is 74.8 Å². The van der Waals surface area contributed by atoms with Gasteiger partial charge in [0.1, 0.15) is 41.4 Å². The third-order valence-electron chi connectivity index (χ3n) is 11.5. The van der Waals surface area contributed by atoms with Crippen LogP contribution in [0.1, 0.15) is 44.6 Å². The number of hydrogen-bond donors (Lipinski definition) is 0. The second kappa shape index (κ2) is 20.3. The first kappa shape index (κ1) is 47.3. The summed E-state index contributed by atoms with van der Waals surface area (Å²) >= 11 is 3.39. The lowest BCUT2D eigenvalue weighted by atomic mass is 10.1. The summed E-state index contributed by atoms with van der Waals surface area (Å²) in [6.07, 6.45) is 15.7. The van der Waals surface area contributed by atoms with Crippen molar-refractivity contribution in [2.75, 3.05) is 45.2 Å². The number of ether oxygens (including phenoxy) is 2. The van der Waals surface area contributed by atoms with E-state index in [1.807, 2.05) is 17.9 Å². The molecule has 7 heterocycles. The summed E-state index contributed by atoms with van der Waals surface area (Å²) in [5.41, 5.74) is 3.39. The molecule has 22 heteroatoms. The Hall–Kier alpha value is -6.23. The third-order valence-corrected chi connectivity index (χ3v) is 14.2. The van der Waals surface area contributed by atoms with E-state index in [9.17, 15) is 26.4 Å². The molecule has 0 bridgehead atoms. The molecule has 9 rings (SSSR count). The number of halogens is 1. The van der Waals surface area contributed by atoms with Crippen LogP contribution in [0.15, 0.2) is 106 Å². The van der Waals surface area contributed by atoms with Crippen LogP contribution in [0.25, 0.3) is 33.4 Å². The summed E-state index contributed by atoms with van der Waals surface area (Å²) in [7, 11) is -6.55. The first-order valence-corrected chi connectivity index (χ1v) is 26.1. The summed E-state index contributed by atoms with van der Waals surface area (Å²) in [6, 6.07) is 14.8. The number of aromatic nitrogens is 9. The van der Waals surface area contributed by atoms with Crippen LogP contribution < -0.4 is 9.47 Å². The van der Waals surface area contributed by atoms with E-state index >= 15 is 0 Å². The number of ketones is 1. The lowest BCUT2D eigenvalue weighted by molar-refractivity contribution is -0.132. The molecule has 0 aliphatic carbocycles. The average Bonchev–Trinajstić information content (AvgIpc) is 3.96. The highest BCUT2D eigenvalue weighted by molar-refractivity contribution is 9.10. The molecule has 67 heavy (non-hydrogen) atoms. The summed E-state index contributed by atoms with van der Waals surface area (Å²) in [6.45, 7) is 5.23. The minimum absolute atomic E-state index is 0.0171. The highest BCUT2D eigenvalue weighted by Crippen LogP contribution is 2.29. The first-order valence-electron chi connectivity index (χ1n) is 21.6. The fraction of sp³-hybridized carbons (Fsp3) is 0.356. The standard InChI is InChI=1S/C24H23BrN6O4S.C21H25N5O4S/c1-36(33,34)20-4-2-18(3-5-20)31-23-21(14-29-31)24(28-15-27-23)35-19-6-8-30(9-7-19)22(32)11-16-10-17(25)13-26-12-16;1-3-16(27)13-25-10-8-17(9-11-25)30-21-19-12-24-26(20(19)22-14-23-21)15-4-6-18(7-5-15)31(2,28)29/h2-5,10,12-15,19H,6-9,11H2,1H3;4-7,12,14,17H,3,8-11,13H2,1-2H3. The van der Waals surface area contributed by atoms with E-state index in [2.05, 4.69) is 55.9 Å². The van der Waals surface area contributed by atoms with Crippen molar-refractivity contribution in [1.29, 1.82) is 0 Å². The van der Waals surface area contributed by atoms with Crippen LogP contribution in [0.2, 0.25) is 0 Å². The molecule has 2 saturated heterocycles. The van der Waals surface area contributed by atoms with Gasteiger partial charge in [0.15, 0.2) is 31.0 Å². The van der Waals surface area contributed by atoms with Gasteiger partial charge in [-0.3, -0.25) is 19.5 Å². The Morgan fingerprint density at radius 1 is 0.672 bits per heavy atom. The number of amides is 1. The van der Waals surface area contributed by atoms with Gasteiger partial charge < -0.3 is 14.4 Å². The number of sulfone groups is 2. The summed E-state index contributed by atoms with van der Waals surface area (Å²) in [5.74, 6) is 1.24. The maximum absolute atomic E-state index is 12.7. The van der Waals surface area contributed by atoms with E-state index in [0.29, 0.717) is 90.5 Å². The summed E-state index contributed by atoms with van der Waals surface area (Å²) in [5, 5.41) is 10.2. The van der Waals surface area contributed by atoms with Crippen molar-refractivity contribution in [3.05, 3.63) is 102 Å². The Morgan fingerprint density at radius 3 is 1.60 bits per heavy atom. The number of carbonyl (C=O) groups excluding carboxylic acids is 2. The van der Waals surface area contributed by atoms with Crippen molar-refractivity contribution >= 4 is 69.4 Å². The molecule has 0 N–H and O–H groups in total. The Morgan fingerprint density at radius 2 is 1.15 bits per heavy atom. The van der Waals surface area contributed by atoms with Crippen LogP contribution in [0.3, 0.4) is 0 Å². The summed E-state index contributed by atoms with van der Waals surface area (Å²) in [4.78, 5) is 50.3. The van der Waals surface area contributed by atoms with Crippen LogP contribution in [0, 0.1) is 0 Å². The van der Waals surface area contributed by atoms with Crippen LogP contribution in [-0.4, -0.2) is 140 Å². The zero-order chi connectivity index (χ0) is 47.3. The topological polar surface area (TPSA) is 227 Å². The van der Waals surface area contributed by atoms with Gasteiger partial charge in [-0.15, -0.1) is 0 Å². The highest BCUT2D eigenvalue weighted by atomic mass is 79.9. The van der Waals surface area contributed by atoms with E-state index in [-0.39, 0.29) is 33.7 Å². The number of piperidine rings is 2. The predicted octanol–water partition coefficient (Wildman–Crippen LogP) is 5.03. The molecule has 5 aromatic heterocycles. The maximum Gasteiger partial charge on any atom is 0.228 e. The normalized spacial score (nSPS) is 15.3. The Balaban J connectivity index is 0.000000184.